The third kappa shape index (κ3) is 12.9. The van der Waals surface area contributed by atoms with Gasteiger partial charge in [-0.1, -0.05) is 85.8 Å². The highest BCUT2D eigenvalue weighted by Gasteiger charge is 2.26. The largest absolute Gasteiger partial charge is 0.400 e. The SMILES string of the molecule is CCCCCC(C)(C)C.CC[C@@](C)(CNC=O)c1ccc(F)c(CCC2CC2)c1.CO.[HH]. The zero-order chi connectivity index (χ0) is 23.9. The van der Waals surface area contributed by atoms with Gasteiger partial charge in [-0.3, -0.25) is 4.79 Å². The van der Waals surface area contributed by atoms with E-state index < -0.39 is 0 Å². The minimum atomic E-state index is -0.136. The lowest BCUT2D eigenvalue weighted by molar-refractivity contribution is -0.109. The van der Waals surface area contributed by atoms with E-state index in [1.165, 1.54) is 38.5 Å². The van der Waals surface area contributed by atoms with Crippen LogP contribution in [0.3, 0.4) is 0 Å². The van der Waals surface area contributed by atoms with E-state index in [-0.39, 0.29) is 12.7 Å². The number of hydrogen-bond donors (Lipinski definition) is 2. The molecule has 2 rings (SSSR count). The molecular weight excluding hydrogens is 389 g/mol. The first-order chi connectivity index (χ1) is 14.6. The molecule has 0 aromatic heterocycles. The summed E-state index contributed by atoms with van der Waals surface area (Å²) in [7, 11) is 1.00. The van der Waals surface area contributed by atoms with E-state index in [2.05, 4.69) is 46.9 Å². The second-order valence-electron chi connectivity index (χ2n) is 10.2. The molecule has 1 aromatic rings. The zero-order valence-electron chi connectivity index (χ0n) is 21.2. The molecule has 0 unspecified atom stereocenters. The van der Waals surface area contributed by atoms with Crippen LogP contribution in [0, 0.1) is 17.2 Å². The van der Waals surface area contributed by atoms with Crippen molar-refractivity contribution in [2.75, 3.05) is 13.7 Å². The van der Waals surface area contributed by atoms with Crippen LogP contribution in [0.1, 0.15) is 105 Å². The molecule has 4 heteroatoms. The number of unbranched alkanes of at least 4 members (excludes halogenated alkanes) is 2. The number of amides is 1. The minimum Gasteiger partial charge on any atom is -0.400 e. The molecule has 0 aliphatic heterocycles. The van der Waals surface area contributed by atoms with Gasteiger partial charge in [-0.15, -0.1) is 0 Å². The van der Waals surface area contributed by atoms with Crippen LogP contribution < -0.4 is 5.32 Å². The molecular formula is C27H50FNO2. The number of rotatable bonds is 11. The van der Waals surface area contributed by atoms with E-state index in [0.717, 1.165) is 49.8 Å². The topological polar surface area (TPSA) is 49.3 Å². The standard InChI is InChI=1S/C17H24FNO.C9H20.CH4O.H2/c1-3-17(2,11-19-12-20)15-8-9-16(18)14(10-15)7-6-13-4-5-13;1-5-6-7-8-9(2,3)4;1-2;/h8-10,12-13H,3-7,11H2,1-2H3,(H,19,20);5-8H2,1-4H3;2H,1H3;1H/t17-;;;/m0.../s1. The maximum atomic E-state index is 13.9. The summed E-state index contributed by atoms with van der Waals surface area (Å²) in [6.45, 7) is 14.0. The number of carbonyl (C=O) groups excluding carboxylic acids is 1. The smallest absolute Gasteiger partial charge is 0.207 e. The van der Waals surface area contributed by atoms with E-state index in [4.69, 9.17) is 5.11 Å². The van der Waals surface area contributed by atoms with Gasteiger partial charge in [-0.25, -0.2) is 4.39 Å². The van der Waals surface area contributed by atoms with E-state index in [0.29, 0.717) is 12.0 Å². The lowest BCUT2D eigenvalue weighted by atomic mass is 9.79. The molecule has 1 saturated carbocycles. The van der Waals surface area contributed by atoms with Crippen LogP contribution in [0.5, 0.6) is 0 Å². The van der Waals surface area contributed by atoms with Crippen molar-refractivity contribution >= 4 is 6.41 Å². The molecule has 0 radical (unpaired) electrons. The van der Waals surface area contributed by atoms with Gasteiger partial charge < -0.3 is 10.4 Å². The highest BCUT2D eigenvalue weighted by Crippen LogP contribution is 2.35. The van der Waals surface area contributed by atoms with Crippen LogP contribution in [0.4, 0.5) is 4.39 Å². The van der Waals surface area contributed by atoms with Crippen molar-refractivity contribution in [3.8, 4) is 0 Å². The first-order valence-electron chi connectivity index (χ1n) is 12.1. The fraction of sp³-hybridized carbons (Fsp3) is 0.741. The summed E-state index contributed by atoms with van der Waals surface area (Å²) < 4.78 is 13.9. The molecule has 1 amide bonds. The lowest BCUT2D eigenvalue weighted by Gasteiger charge is -2.29. The Balaban J connectivity index is 0. The van der Waals surface area contributed by atoms with E-state index in [1.807, 2.05) is 12.1 Å². The van der Waals surface area contributed by atoms with Crippen molar-refractivity contribution in [3.05, 3.63) is 35.1 Å². The average Bonchev–Trinajstić information content (AvgIpc) is 3.57. The van der Waals surface area contributed by atoms with E-state index >= 15 is 0 Å². The van der Waals surface area contributed by atoms with Gasteiger partial charge in [0.2, 0.25) is 6.41 Å². The Morgan fingerprint density at radius 2 is 1.81 bits per heavy atom. The van der Waals surface area contributed by atoms with Crippen molar-refractivity contribution in [1.82, 2.24) is 5.32 Å². The highest BCUT2D eigenvalue weighted by atomic mass is 19.1. The third-order valence-electron chi connectivity index (χ3n) is 6.15. The van der Waals surface area contributed by atoms with Gasteiger partial charge in [-0.2, -0.15) is 0 Å². The number of aryl methyl sites for hydroxylation is 1. The summed E-state index contributed by atoms with van der Waals surface area (Å²) in [5.41, 5.74) is 2.35. The van der Waals surface area contributed by atoms with Gasteiger partial charge in [0.25, 0.3) is 0 Å². The van der Waals surface area contributed by atoms with Crippen molar-refractivity contribution in [2.24, 2.45) is 11.3 Å². The Labute approximate surface area is 192 Å². The highest BCUT2D eigenvalue weighted by molar-refractivity contribution is 5.46. The summed E-state index contributed by atoms with van der Waals surface area (Å²) in [4.78, 5) is 10.5. The van der Waals surface area contributed by atoms with Gasteiger partial charge in [0.1, 0.15) is 5.82 Å². The predicted octanol–water partition coefficient (Wildman–Crippen LogP) is 7.05. The first kappa shape index (κ1) is 29.6. The van der Waals surface area contributed by atoms with Crippen LogP contribution in [0.15, 0.2) is 18.2 Å². The second kappa shape index (κ2) is 15.4. The Bertz CT molecular complexity index is 614. The van der Waals surface area contributed by atoms with Gasteiger partial charge >= 0.3 is 0 Å². The van der Waals surface area contributed by atoms with E-state index in [1.54, 1.807) is 6.07 Å². The summed E-state index contributed by atoms with van der Waals surface area (Å²) in [6.07, 6.45) is 11.7. The normalized spacial score (nSPS) is 15.0. The van der Waals surface area contributed by atoms with Crippen LogP contribution in [0.2, 0.25) is 0 Å². The van der Waals surface area contributed by atoms with Crippen molar-refractivity contribution in [3.63, 3.8) is 0 Å². The van der Waals surface area contributed by atoms with Gasteiger partial charge in [-0.05, 0) is 54.2 Å². The Hall–Kier alpha value is -1.42. The second-order valence-corrected chi connectivity index (χ2v) is 10.2. The molecule has 0 heterocycles. The van der Waals surface area contributed by atoms with Crippen LogP contribution in [0.25, 0.3) is 0 Å². The van der Waals surface area contributed by atoms with Crippen LogP contribution in [-0.2, 0) is 16.6 Å². The number of carbonyl (C=O) groups is 1. The number of hydrogen-bond acceptors (Lipinski definition) is 2. The number of nitrogens with one attached hydrogen (secondary N) is 1. The molecule has 1 aliphatic carbocycles. The molecule has 1 fully saturated rings. The minimum absolute atomic E-state index is 0. The van der Waals surface area contributed by atoms with Gasteiger partial charge in [0.15, 0.2) is 0 Å². The molecule has 2 N–H and O–H groups in total. The number of halogens is 1. The monoisotopic (exact) mass is 439 g/mol. The quantitative estimate of drug-likeness (QED) is 0.287. The molecule has 1 atom stereocenters. The summed E-state index contributed by atoms with van der Waals surface area (Å²) in [6, 6.07) is 5.42. The summed E-state index contributed by atoms with van der Waals surface area (Å²) in [5, 5.41) is 9.76. The van der Waals surface area contributed by atoms with Gasteiger partial charge in [0.05, 0.1) is 0 Å². The fourth-order valence-electron chi connectivity index (χ4n) is 3.51. The van der Waals surface area contributed by atoms with Crippen molar-refractivity contribution < 1.29 is 15.7 Å². The third-order valence-corrected chi connectivity index (χ3v) is 6.15. The molecule has 31 heavy (non-hydrogen) atoms. The molecule has 0 bridgehead atoms. The zero-order valence-corrected chi connectivity index (χ0v) is 21.2. The number of aliphatic hydroxyl groups excluding tert-OH is 1. The van der Waals surface area contributed by atoms with Crippen LogP contribution >= 0.6 is 0 Å². The number of aliphatic hydroxyl groups is 1. The Morgan fingerprint density at radius 1 is 1.16 bits per heavy atom. The molecule has 0 spiro atoms. The van der Waals surface area contributed by atoms with Crippen molar-refractivity contribution in [1.29, 1.82) is 0 Å². The first-order valence-corrected chi connectivity index (χ1v) is 12.1. The summed E-state index contributed by atoms with van der Waals surface area (Å²) >= 11 is 0. The Kier molecular flexibility index (Phi) is 14.7. The summed E-state index contributed by atoms with van der Waals surface area (Å²) in [5.74, 6) is 0.712. The molecule has 1 aliphatic rings. The maximum Gasteiger partial charge on any atom is 0.207 e. The van der Waals surface area contributed by atoms with E-state index in [9.17, 15) is 9.18 Å². The fourth-order valence-corrected chi connectivity index (χ4v) is 3.51. The molecule has 1 aromatic carbocycles. The van der Waals surface area contributed by atoms with Crippen molar-refractivity contribution in [2.45, 2.75) is 105 Å². The lowest BCUT2D eigenvalue weighted by Crippen LogP contribution is -2.34. The number of benzene rings is 1. The maximum absolute atomic E-state index is 13.9. The predicted molar refractivity (Wildman–Crippen MR) is 133 cm³/mol. The molecule has 0 saturated heterocycles. The Morgan fingerprint density at radius 3 is 2.29 bits per heavy atom. The molecule has 182 valence electrons. The molecule has 3 nitrogen and oxygen atoms in total. The van der Waals surface area contributed by atoms with Crippen LogP contribution in [-0.4, -0.2) is 25.2 Å². The van der Waals surface area contributed by atoms with Gasteiger partial charge in [0, 0.05) is 20.5 Å². The average molecular weight is 440 g/mol.